The van der Waals surface area contributed by atoms with Gasteiger partial charge in [-0.3, -0.25) is 0 Å². The molecule has 1 aliphatic carbocycles. The lowest BCUT2D eigenvalue weighted by Crippen LogP contribution is -2.30. The first-order valence-electron chi connectivity index (χ1n) is 6.71. The summed E-state index contributed by atoms with van der Waals surface area (Å²) in [6, 6.07) is 15.5. The fraction of sp³-hybridized carbons (Fsp3) is 0.235. The molecule has 2 aromatic carbocycles. The zero-order valence-corrected chi connectivity index (χ0v) is 13.5. The molecule has 0 radical (unpaired) electrons. The SMILES string of the molecule is N#CC1(C(O)c2ccc(Cl)cc2Br)CCc2ccccc21. The Bertz CT molecular complexity index is 740. The maximum absolute atomic E-state index is 10.9. The van der Waals surface area contributed by atoms with Crippen LogP contribution in [0.5, 0.6) is 0 Å². The highest BCUT2D eigenvalue weighted by Gasteiger charge is 2.46. The molecule has 2 unspecified atom stereocenters. The van der Waals surface area contributed by atoms with Crippen LogP contribution in [0.15, 0.2) is 46.9 Å². The molecule has 3 rings (SSSR count). The number of hydrogen-bond donors (Lipinski definition) is 1. The first-order chi connectivity index (χ1) is 10.1. The van der Waals surface area contributed by atoms with Crippen LogP contribution < -0.4 is 0 Å². The highest BCUT2D eigenvalue weighted by molar-refractivity contribution is 9.10. The fourth-order valence-electron chi connectivity index (χ4n) is 3.09. The molecule has 0 amide bonds. The van der Waals surface area contributed by atoms with Gasteiger partial charge < -0.3 is 5.11 Å². The Morgan fingerprint density at radius 3 is 2.76 bits per heavy atom. The van der Waals surface area contributed by atoms with Crippen molar-refractivity contribution in [2.45, 2.75) is 24.4 Å². The molecule has 2 aromatic rings. The van der Waals surface area contributed by atoms with Gasteiger partial charge in [-0.05, 0) is 41.7 Å². The van der Waals surface area contributed by atoms with Crippen molar-refractivity contribution >= 4 is 27.5 Å². The number of aliphatic hydroxyl groups excluding tert-OH is 1. The second-order valence-corrected chi connectivity index (χ2v) is 6.60. The number of nitriles is 1. The van der Waals surface area contributed by atoms with Crippen LogP contribution in [0.2, 0.25) is 5.02 Å². The van der Waals surface area contributed by atoms with Gasteiger partial charge in [0.2, 0.25) is 0 Å². The third kappa shape index (κ3) is 2.28. The summed E-state index contributed by atoms with van der Waals surface area (Å²) in [5.74, 6) is 0. The summed E-state index contributed by atoms with van der Waals surface area (Å²) >= 11 is 9.39. The number of aryl methyl sites for hydroxylation is 1. The number of halogens is 2. The van der Waals surface area contributed by atoms with E-state index >= 15 is 0 Å². The lowest BCUT2D eigenvalue weighted by molar-refractivity contribution is 0.110. The van der Waals surface area contributed by atoms with E-state index in [0.29, 0.717) is 17.0 Å². The molecule has 0 fully saturated rings. The van der Waals surface area contributed by atoms with Gasteiger partial charge in [-0.25, -0.2) is 0 Å². The molecule has 2 atom stereocenters. The van der Waals surface area contributed by atoms with Crippen molar-refractivity contribution in [2.24, 2.45) is 0 Å². The highest BCUT2D eigenvalue weighted by Crippen LogP contribution is 2.48. The maximum atomic E-state index is 10.9. The molecule has 0 spiro atoms. The first kappa shape index (κ1) is 14.6. The minimum atomic E-state index is -0.896. The monoisotopic (exact) mass is 361 g/mol. The number of nitrogens with zero attached hydrogens (tertiary/aromatic N) is 1. The molecule has 106 valence electrons. The van der Waals surface area contributed by atoms with Gasteiger partial charge in [0.15, 0.2) is 0 Å². The van der Waals surface area contributed by atoms with Crippen LogP contribution in [0, 0.1) is 11.3 Å². The van der Waals surface area contributed by atoms with Crippen LogP contribution in [0.25, 0.3) is 0 Å². The average molecular weight is 363 g/mol. The summed E-state index contributed by atoms with van der Waals surface area (Å²) < 4.78 is 0.724. The number of fused-ring (bicyclic) bond motifs is 1. The molecule has 4 heteroatoms. The van der Waals surface area contributed by atoms with Gasteiger partial charge >= 0.3 is 0 Å². The third-order valence-corrected chi connectivity index (χ3v) is 5.13. The van der Waals surface area contributed by atoms with Crippen LogP contribution in [0.3, 0.4) is 0 Å². The van der Waals surface area contributed by atoms with Gasteiger partial charge in [0.1, 0.15) is 11.5 Å². The van der Waals surface area contributed by atoms with E-state index in [1.165, 1.54) is 0 Å². The summed E-state index contributed by atoms with van der Waals surface area (Å²) in [6.07, 6.45) is 0.545. The van der Waals surface area contributed by atoms with E-state index in [9.17, 15) is 10.4 Å². The van der Waals surface area contributed by atoms with Crippen LogP contribution in [-0.2, 0) is 11.8 Å². The normalized spacial score (nSPS) is 21.6. The van der Waals surface area contributed by atoms with Crippen molar-refractivity contribution in [3.8, 4) is 6.07 Å². The number of benzene rings is 2. The maximum Gasteiger partial charge on any atom is 0.113 e. The first-order valence-corrected chi connectivity index (χ1v) is 7.88. The predicted octanol–water partition coefficient (Wildman–Crippen LogP) is 4.54. The van der Waals surface area contributed by atoms with Crippen molar-refractivity contribution in [2.75, 3.05) is 0 Å². The molecule has 0 saturated heterocycles. The minimum absolute atomic E-state index is 0.593. The van der Waals surface area contributed by atoms with Gasteiger partial charge in [-0.15, -0.1) is 0 Å². The predicted molar refractivity (Wildman–Crippen MR) is 86.2 cm³/mol. The third-order valence-electron chi connectivity index (χ3n) is 4.21. The molecule has 0 saturated carbocycles. The van der Waals surface area contributed by atoms with Gasteiger partial charge in [-0.2, -0.15) is 5.26 Å². The summed E-state index contributed by atoms with van der Waals surface area (Å²) in [4.78, 5) is 0. The van der Waals surface area contributed by atoms with E-state index in [-0.39, 0.29) is 0 Å². The molecular formula is C17H13BrClNO. The zero-order valence-electron chi connectivity index (χ0n) is 11.2. The lowest BCUT2D eigenvalue weighted by Gasteiger charge is -2.29. The van der Waals surface area contributed by atoms with E-state index in [0.717, 1.165) is 22.0 Å². The molecule has 0 heterocycles. The second kappa shape index (κ2) is 5.46. The molecule has 1 N–H and O–H groups in total. The Labute approximate surface area is 137 Å². The smallest absolute Gasteiger partial charge is 0.113 e. The van der Waals surface area contributed by atoms with Crippen molar-refractivity contribution in [1.82, 2.24) is 0 Å². The highest BCUT2D eigenvalue weighted by atomic mass is 79.9. The standard InChI is InChI=1S/C17H13BrClNO/c18-15-9-12(19)5-6-13(15)16(21)17(10-20)8-7-11-3-1-2-4-14(11)17/h1-6,9,16,21H,7-8H2. The Morgan fingerprint density at radius 1 is 1.29 bits per heavy atom. The molecule has 1 aliphatic rings. The van der Waals surface area contributed by atoms with E-state index in [1.807, 2.05) is 24.3 Å². The van der Waals surface area contributed by atoms with E-state index in [1.54, 1.807) is 18.2 Å². The summed E-state index contributed by atoms with van der Waals surface area (Å²) in [5, 5.41) is 21.3. The Kier molecular flexibility index (Phi) is 3.79. The molecule has 0 bridgehead atoms. The van der Waals surface area contributed by atoms with Gasteiger partial charge in [0.25, 0.3) is 0 Å². The fourth-order valence-corrected chi connectivity index (χ4v) is 3.99. The van der Waals surface area contributed by atoms with E-state index < -0.39 is 11.5 Å². The van der Waals surface area contributed by atoms with Crippen molar-refractivity contribution in [1.29, 1.82) is 5.26 Å². The number of aliphatic hydroxyl groups is 1. The van der Waals surface area contributed by atoms with Crippen LogP contribution in [0.4, 0.5) is 0 Å². The van der Waals surface area contributed by atoms with Crippen LogP contribution in [-0.4, -0.2) is 5.11 Å². The van der Waals surface area contributed by atoms with Crippen LogP contribution >= 0.6 is 27.5 Å². The van der Waals surface area contributed by atoms with Crippen LogP contribution in [0.1, 0.15) is 29.2 Å². The molecule has 0 aliphatic heterocycles. The number of rotatable bonds is 2. The van der Waals surface area contributed by atoms with E-state index in [4.69, 9.17) is 11.6 Å². The number of hydrogen-bond acceptors (Lipinski definition) is 2. The van der Waals surface area contributed by atoms with Gasteiger partial charge in [0, 0.05) is 9.50 Å². The Hall–Kier alpha value is -1.34. The van der Waals surface area contributed by atoms with Gasteiger partial charge in [0.05, 0.1) is 6.07 Å². The quantitative estimate of drug-likeness (QED) is 0.852. The zero-order chi connectivity index (χ0) is 15.0. The molecule has 0 aromatic heterocycles. The summed E-state index contributed by atoms with van der Waals surface area (Å²) in [5.41, 5.74) is 1.87. The van der Waals surface area contributed by atoms with Crippen molar-refractivity contribution < 1.29 is 5.11 Å². The summed E-state index contributed by atoms with van der Waals surface area (Å²) in [6.45, 7) is 0. The van der Waals surface area contributed by atoms with Crippen molar-refractivity contribution in [3.05, 3.63) is 68.7 Å². The molecule has 2 nitrogen and oxygen atoms in total. The Morgan fingerprint density at radius 2 is 2.05 bits per heavy atom. The van der Waals surface area contributed by atoms with Gasteiger partial charge in [-0.1, -0.05) is 57.9 Å². The topological polar surface area (TPSA) is 44.0 Å². The minimum Gasteiger partial charge on any atom is -0.386 e. The van der Waals surface area contributed by atoms with E-state index in [2.05, 4.69) is 22.0 Å². The summed E-state index contributed by atoms with van der Waals surface area (Å²) in [7, 11) is 0. The second-order valence-electron chi connectivity index (χ2n) is 5.31. The largest absolute Gasteiger partial charge is 0.386 e. The molecular weight excluding hydrogens is 350 g/mol. The molecule has 21 heavy (non-hydrogen) atoms. The average Bonchev–Trinajstić information content (AvgIpc) is 2.87. The lowest BCUT2D eigenvalue weighted by atomic mass is 9.75. The Balaban J connectivity index is 2.11. The van der Waals surface area contributed by atoms with Crippen molar-refractivity contribution in [3.63, 3.8) is 0 Å².